The number of halogens is 1. The lowest BCUT2D eigenvalue weighted by atomic mass is 9.87. The van der Waals surface area contributed by atoms with E-state index in [-0.39, 0.29) is 29.3 Å². The Morgan fingerprint density at radius 2 is 2.22 bits per heavy atom. The molecule has 1 atom stereocenters. The molecule has 0 saturated carbocycles. The van der Waals surface area contributed by atoms with Crippen LogP contribution in [0, 0.1) is 5.92 Å². The number of alkyl halides is 1. The number of aromatic nitrogens is 2. The van der Waals surface area contributed by atoms with E-state index < -0.39 is 0 Å². The van der Waals surface area contributed by atoms with Crippen molar-refractivity contribution in [1.82, 2.24) is 20.0 Å². The van der Waals surface area contributed by atoms with Crippen molar-refractivity contribution < 1.29 is 4.79 Å². The van der Waals surface area contributed by atoms with Crippen molar-refractivity contribution in [3.8, 4) is 0 Å². The summed E-state index contributed by atoms with van der Waals surface area (Å²) in [6, 6.07) is 2.99. The molecule has 23 heavy (non-hydrogen) atoms. The normalized spacial score (nSPS) is 17.0. The first-order valence-corrected chi connectivity index (χ1v) is 8.42. The zero-order chi connectivity index (χ0) is 16.8. The molecule has 3 N–H and O–H groups in total. The monoisotopic (exact) mass is 341 g/mol. The van der Waals surface area contributed by atoms with Gasteiger partial charge in [0.25, 0.3) is 5.56 Å². The number of nitrogens with two attached hydrogens (primary N) is 1. The molecule has 1 amide bonds. The number of carbonyl (C=O) groups excluding carboxylic acids is 1. The predicted octanol–water partition coefficient (Wildman–Crippen LogP) is -0.153. The Morgan fingerprint density at radius 3 is 2.78 bits per heavy atom. The highest BCUT2D eigenvalue weighted by Crippen LogP contribution is 2.33. The number of nitrogens with one attached hydrogen (secondary N) is 1. The van der Waals surface area contributed by atoms with Gasteiger partial charge < -0.3 is 16.0 Å². The summed E-state index contributed by atoms with van der Waals surface area (Å²) in [6.45, 7) is 2.58. The van der Waals surface area contributed by atoms with Crippen molar-refractivity contribution in [2.45, 2.75) is 18.9 Å². The largest absolute Gasteiger partial charge is 0.331 e. The van der Waals surface area contributed by atoms with Crippen molar-refractivity contribution in [2.75, 3.05) is 32.1 Å². The molecule has 8 heteroatoms. The van der Waals surface area contributed by atoms with Crippen LogP contribution in [0.1, 0.15) is 24.6 Å². The van der Waals surface area contributed by atoms with Crippen LogP contribution in [-0.4, -0.2) is 52.6 Å². The van der Waals surface area contributed by atoms with Crippen molar-refractivity contribution in [3.63, 3.8) is 0 Å². The third-order valence-electron chi connectivity index (χ3n) is 4.25. The Labute approximate surface area is 140 Å². The van der Waals surface area contributed by atoms with E-state index in [1.165, 1.54) is 10.7 Å². The van der Waals surface area contributed by atoms with Crippen LogP contribution < -0.4 is 16.6 Å². The lowest BCUT2D eigenvalue weighted by Crippen LogP contribution is -2.45. The zero-order valence-corrected chi connectivity index (χ0v) is 14.1. The summed E-state index contributed by atoms with van der Waals surface area (Å²) in [5.41, 5.74) is 6.24. The molecule has 1 aromatic rings. The fourth-order valence-electron chi connectivity index (χ4n) is 3.13. The van der Waals surface area contributed by atoms with Crippen LogP contribution >= 0.6 is 11.6 Å². The van der Waals surface area contributed by atoms with Crippen LogP contribution in [0.15, 0.2) is 16.9 Å². The molecule has 1 fully saturated rings. The van der Waals surface area contributed by atoms with Gasteiger partial charge in [0.2, 0.25) is 5.91 Å². The van der Waals surface area contributed by atoms with Crippen LogP contribution in [0.25, 0.3) is 0 Å². The maximum Gasteiger partial charge on any atom is 0.266 e. The van der Waals surface area contributed by atoms with Gasteiger partial charge in [-0.15, -0.1) is 11.6 Å². The first kappa shape index (κ1) is 17.9. The van der Waals surface area contributed by atoms with Gasteiger partial charge in [-0.05, 0) is 37.9 Å². The van der Waals surface area contributed by atoms with Crippen molar-refractivity contribution in [2.24, 2.45) is 18.7 Å². The maximum atomic E-state index is 12.3. The molecule has 1 aliphatic rings. The quantitative estimate of drug-likeness (QED) is 0.702. The third-order valence-corrected chi connectivity index (χ3v) is 4.48. The number of carbonyl (C=O) groups is 1. The lowest BCUT2D eigenvalue weighted by Gasteiger charge is -2.38. The molecule has 0 radical (unpaired) electrons. The van der Waals surface area contributed by atoms with Crippen LogP contribution in [0.5, 0.6) is 0 Å². The molecule has 2 heterocycles. The van der Waals surface area contributed by atoms with E-state index in [4.69, 9.17) is 17.3 Å². The molecule has 1 aromatic heterocycles. The van der Waals surface area contributed by atoms with E-state index in [9.17, 15) is 9.59 Å². The molecule has 0 spiro atoms. The first-order valence-electron chi connectivity index (χ1n) is 7.89. The minimum atomic E-state index is -0.210. The molecule has 1 saturated heterocycles. The number of piperidine rings is 1. The second kappa shape index (κ2) is 8.42. The number of hydrogen-bond donors (Lipinski definition) is 2. The Morgan fingerprint density at radius 1 is 1.52 bits per heavy atom. The number of nitrogens with zero attached hydrogens (tertiary/aromatic N) is 3. The molecule has 0 aromatic carbocycles. The van der Waals surface area contributed by atoms with Gasteiger partial charge in [-0.2, -0.15) is 5.10 Å². The summed E-state index contributed by atoms with van der Waals surface area (Å²) < 4.78 is 1.30. The van der Waals surface area contributed by atoms with E-state index >= 15 is 0 Å². The highest BCUT2D eigenvalue weighted by atomic mass is 35.5. The second-order valence-corrected chi connectivity index (χ2v) is 6.03. The molecular formula is C15H24ClN5O2. The maximum absolute atomic E-state index is 12.3. The van der Waals surface area contributed by atoms with Gasteiger partial charge in [-0.25, -0.2) is 4.68 Å². The summed E-state index contributed by atoms with van der Waals surface area (Å²) in [6.07, 6.45) is 1.87. The van der Waals surface area contributed by atoms with E-state index in [2.05, 4.69) is 10.4 Å². The van der Waals surface area contributed by atoms with Gasteiger partial charge in [0, 0.05) is 26.2 Å². The third kappa shape index (κ3) is 4.31. The van der Waals surface area contributed by atoms with Crippen molar-refractivity contribution in [3.05, 3.63) is 28.2 Å². The molecule has 1 unspecified atom stereocenters. The average molecular weight is 342 g/mol. The van der Waals surface area contributed by atoms with E-state index in [0.717, 1.165) is 25.9 Å². The zero-order valence-electron chi connectivity index (χ0n) is 13.4. The standard InChI is InChI=1S/C15H24ClN5O2/c1-20-13(22)3-2-12(19-20)15(11-4-7-18-8-5-11)21(9-6-17)14(23)10-16/h2-3,11,15,18H,4-10,17H2,1H3. The van der Waals surface area contributed by atoms with Gasteiger partial charge in [0.1, 0.15) is 5.88 Å². The second-order valence-electron chi connectivity index (χ2n) is 5.76. The van der Waals surface area contributed by atoms with E-state index in [1.807, 2.05) is 0 Å². The number of rotatable bonds is 6. The number of aryl methyl sites for hydroxylation is 1. The SMILES string of the molecule is Cn1nc(C(C2CCNCC2)N(CCN)C(=O)CCl)ccc1=O. The molecule has 7 nitrogen and oxygen atoms in total. The van der Waals surface area contributed by atoms with Crippen LogP contribution in [0.4, 0.5) is 0 Å². The molecule has 0 bridgehead atoms. The number of amides is 1. The van der Waals surface area contributed by atoms with Crippen LogP contribution in [-0.2, 0) is 11.8 Å². The summed E-state index contributed by atoms with van der Waals surface area (Å²) in [4.78, 5) is 25.7. The molecule has 128 valence electrons. The first-order chi connectivity index (χ1) is 11.1. The fraction of sp³-hybridized carbons (Fsp3) is 0.667. The van der Waals surface area contributed by atoms with Crippen LogP contribution in [0.2, 0.25) is 0 Å². The van der Waals surface area contributed by atoms with Gasteiger partial charge in [-0.1, -0.05) is 0 Å². The Hall–Kier alpha value is -1.44. The van der Waals surface area contributed by atoms with Crippen molar-refractivity contribution in [1.29, 1.82) is 0 Å². The average Bonchev–Trinajstić information content (AvgIpc) is 2.58. The Balaban J connectivity index is 2.41. The summed E-state index contributed by atoms with van der Waals surface area (Å²) in [5, 5.41) is 7.70. The predicted molar refractivity (Wildman–Crippen MR) is 89.3 cm³/mol. The highest BCUT2D eigenvalue weighted by molar-refractivity contribution is 6.27. The van der Waals surface area contributed by atoms with E-state index in [0.29, 0.717) is 18.8 Å². The van der Waals surface area contributed by atoms with Gasteiger partial charge >= 0.3 is 0 Å². The summed E-state index contributed by atoms with van der Waals surface area (Å²) in [7, 11) is 1.61. The highest BCUT2D eigenvalue weighted by Gasteiger charge is 2.33. The van der Waals surface area contributed by atoms with Crippen molar-refractivity contribution >= 4 is 17.5 Å². The lowest BCUT2D eigenvalue weighted by molar-refractivity contribution is -0.132. The minimum absolute atomic E-state index is 0.0900. The van der Waals surface area contributed by atoms with Gasteiger partial charge in [0.05, 0.1) is 11.7 Å². The summed E-state index contributed by atoms with van der Waals surface area (Å²) >= 11 is 5.79. The Kier molecular flexibility index (Phi) is 6.56. The molecular weight excluding hydrogens is 318 g/mol. The topological polar surface area (TPSA) is 93.2 Å². The molecule has 1 aliphatic heterocycles. The Bertz CT molecular complexity index is 585. The van der Waals surface area contributed by atoms with Gasteiger partial charge in [-0.3, -0.25) is 9.59 Å². The minimum Gasteiger partial charge on any atom is -0.331 e. The molecule has 0 aliphatic carbocycles. The van der Waals surface area contributed by atoms with Crippen LogP contribution in [0.3, 0.4) is 0 Å². The van der Waals surface area contributed by atoms with Gasteiger partial charge in [0.15, 0.2) is 0 Å². The van der Waals surface area contributed by atoms with E-state index in [1.54, 1.807) is 18.0 Å². The molecule has 2 rings (SSSR count). The smallest absolute Gasteiger partial charge is 0.266 e. The number of hydrogen-bond acceptors (Lipinski definition) is 5. The fourth-order valence-corrected chi connectivity index (χ4v) is 3.28. The summed E-state index contributed by atoms with van der Waals surface area (Å²) in [5.74, 6) is 0.0176.